The molecule has 0 aliphatic heterocycles. The largest absolute Gasteiger partial charge is 0.459 e. The lowest BCUT2D eigenvalue weighted by atomic mass is 10.1. The van der Waals surface area contributed by atoms with Crippen LogP contribution in [0.1, 0.15) is 26.6 Å². The van der Waals surface area contributed by atoms with Crippen LogP contribution in [0.4, 0.5) is 5.13 Å². The standard InChI is InChI=1S/C22H17ClN2O4S2/c23-17-6-4-5-15(11-17)12-18-13-24-22(30-18)25-21(26)20-16(9-10-29-20)14-31(27,28)19-7-2-1-3-8-19/h1-11,13H,12,14H2,(H,24,25,26). The number of amides is 1. The van der Waals surface area contributed by atoms with Gasteiger partial charge in [-0.2, -0.15) is 0 Å². The molecule has 0 saturated carbocycles. The number of carbonyl (C=O) groups excluding carboxylic acids is 1. The quantitative estimate of drug-likeness (QED) is 0.399. The van der Waals surface area contributed by atoms with E-state index in [-0.39, 0.29) is 22.0 Å². The van der Waals surface area contributed by atoms with Crippen LogP contribution in [0.3, 0.4) is 0 Å². The van der Waals surface area contributed by atoms with Crippen LogP contribution in [0.5, 0.6) is 0 Å². The summed E-state index contributed by atoms with van der Waals surface area (Å²) in [6.07, 6.45) is 3.62. The molecule has 2 heterocycles. The van der Waals surface area contributed by atoms with Gasteiger partial charge in [-0.1, -0.05) is 41.9 Å². The lowest BCUT2D eigenvalue weighted by Crippen LogP contribution is -2.14. The van der Waals surface area contributed by atoms with Gasteiger partial charge in [-0.15, -0.1) is 11.3 Å². The van der Waals surface area contributed by atoms with Crippen LogP contribution < -0.4 is 5.32 Å². The number of aromatic nitrogens is 1. The summed E-state index contributed by atoms with van der Waals surface area (Å²) in [6, 6.07) is 17.1. The maximum Gasteiger partial charge on any atom is 0.293 e. The van der Waals surface area contributed by atoms with Gasteiger partial charge in [0.2, 0.25) is 0 Å². The minimum atomic E-state index is -3.61. The van der Waals surface area contributed by atoms with Crippen LogP contribution in [0, 0.1) is 0 Å². The molecule has 0 bridgehead atoms. The monoisotopic (exact) mass is 472 g/mol. The molecule has 6 nitrogen and oxygen atoms in total. The van der Waals surface area contributed by atoms with E-state index < -0.39 is 15.7 Å². The summed E-state index contributed by atoms with van der Waals surface area (Å²) in [4.78, 5) is 18.0. The number of furan rings is 1. The predicted molar refractivity (Wildman–Crippen MR) is 120 cm³/mol. The van der Waals surface area contributed by atoms with E-state index in [2.05, 4.69) is 10.3 Å². The molecular weight excluding hydrogens is 456 g/mol. The molecule has 4 rings (SSSR count). The van der Waals surface area contributed by atoms with Crippen molar-refractivity contribution in [3.8, 4) is 0 Å². The first-order valence-corrected chi connectivity index (χ1v) is 12.1. The van der Waals surface area contributed by atoms with Gasteiger partial charge >= 0.3 is 0 Å². The average Bonchev–Trinajstić information content (AvgIpc) is 3.38. The Balaban J connectivity index is 1.46. The first-order valence-electron chi connectivity index (χ1n) is 9.25. The van der Waals surface area contributed by atoms with Crippen molar-refractivity contribution in [1.82, 2.24) is 4.98 Å². The first kappa shape index (κ1) is 21.3. The van der Waals surface area contributed by atoms with Crippen LogP contribution in [0.2, 0.25) is 5.02 Å². The van der Waals surface area contributed by atoms with E-state index in [9.17, 15) is 13.2 Å². The first-order chi connectivity index (χ1) is 14.9. The average molecular weight is 473 g/mol. The van der Waals surface area contributed by atoms with Crippen molar-refractivity contribution >= 4 is 43.8 Å². The van der Waals surface area contributed by atoms with Gasteiger partial charge in [0.1, 0.15) is 0 Å². The van der Waals surface area contributed by atoms with Crippen LogP contribution in [0.15, 0.2) is 82.4 Å². The number of rotatable bonds is 7. The molecule has 0 spiro atoms. The number of sulfone groups is 1. The highest BCUT2D eigenvalue weighted by Crippen LogP contribution is 2.25. The number of anilines is 1. The van der Waals surface area contributed by atoms with Gasteiger partial charge < -0.3 is 4.42 Å². The summed E-state index contributed by atoms with van der Waals surface area (Å²) in [5.74, 6) is -0.938. The van der Waals surface area contributed by atoms with Crippen molar-refractivity contribution in [2.75, 3.05) is 5.32 Å². The van der Waals surface area contributed by atoms with E-state index >= 15 is 0 Å². The zero-order chi connectivity index (χ0) is 21.8. The number of hydrogen-bond acceptors (Lipinski definition) is 6. The summed E-state index contributed by atoms with van der Waals surface area (Å²) in [7, 11) is -3.61. The predicted octanol–water partition coefficient (Wildman–Crippen LogP) is 5.21. The molecule has 0 aliphatic carbocycles. The highest BCUT2D eigenvalue weighted by molar-refractivity contribution is 7.90. The fraction of sp³-hybridized carbons (Fsp3) is 0.0909. The molecule has 0 atom stereocenters. The van der Waals surface area contributed by atoms with Crippen molar-refractivity contribution in [3.05, 3.63) is 99.9 Å². The maximum absolute atomic E-state index is 12.7. The third-order valence-corrected chi connectivity index (χ3v) is 7.27. The SMILES string of the molecule is O=C(Nc1ncc(Cc2cccc(Cl)c2)s1)c1occc1CS(=O)(=O)c1ccccc1. The fourth-order valence-electron chi connectivity index (χ4n) is 3.01. The van der Waals surface area contributed by atoms with Gasteiger partial charge in [-0.25, -0.2) is 13.4 Å². The Kier molecular flexibility index (Phi) is 6.22. The van der Waals surface area contributed by atoms with Gasteiger partial charge in [0.25, 0.3) is 5.91 Å². The zero-order valence-corrected chi connectivity index (χ0v) is 18.5. The van der Waals surface area contributed by atoms with E-state index in [0.717, 1.165) is 10.4 Å². The number of nitrogens with zero attached hydrogens (tertiary/aromatic N) is 1. The molecule has 0 fully saturated rings. The number of thiazole rings is 1. The molecule has 31 heavy (non-hydrogen) atoms. The minimum absolute atomic E-state index is 0.0499. The van der Waals surface area contributed by atoms with Crippen LogP contribution in [-0.2, 0) is 22.0 Å². The zero-order valence-electron chi connectivity index (χ0n) is 16.1. The van der Waals surface area contributed by atoms with E-state index in [4.69, 9.17) is 16.0 Å². The summed E-state index contributed by atoms with van der Waals surface area (Å²) in [5.41, 5.74) is 1.32. The molecular formula is C22H17ClN2O4S2. The van der Waals surface area contributed by atoms with Gasteiger partial charge in [-0.05, 0) is 35.9 Å². The van der Waals surface area contributed by atoms with Gasteiger partial charge in [-0.3, -0.25) is 10.1 Å². The number of nitrogens with one attached hydrogen (secondary N) is 1. The van der Waals surface area contributed by atoms with E-state index in [1.807, 2.05) is 24.3 Å². The normalized spacial score (nSPS) is 11.4. The van der Waals surface area contributed by atoms with Crippen molar-refractivity contribution in [1.29, 1.82) is 0 Å². The van der Waals surface area contributed by atoms with Gasteiger partial charge in [0, 0.05) is 28.1 Å². The molecule has 9 heteroatoms. The second-order valence-electron chi connectivity index (χ2n) is 6.74. The van der Waals surface area contributed by atoms with Crippen LogP contribution in [0.25, 0.3) is 0 Å². The summed E-state index contributed by atoms with van der Waals surface area (Å²) < 4.78 is 30.6. The molecule has 0 unspecified atom stereocenters. The second kappa shape index (κ2) is 9.05. The number of carbonyl (C=O) groups is 1. The third-order valence-electron chi connectivity index (χ3n) is 4.44. The Morgan fingerprint density at radius 1 is 1.10 bits per heavy atom. The summed E-state index contributed by atoms with van der Waals surface area (Å²) in [6.45, 7) is 0. The molecule has 4 aromatic rings. The molecule has 0 radical (unpaired) electrons. The number of halogens is 1. The minimum Gasteiger partial charge on any atom is -0.459 e. The number of hydrogen-bond donors (Lipinski definition) is 1. The summed E-state index contributed by atoms with van der Waals surface area (Å²) in [5, 5.41) is 3.74. The maximum atomic E-state index is 12.7. The van der Waals surface area contributed by atoms with Gasteiger partial charge in [0.05, 0.1) is 16.9 Å². The lowest BCUT2D eigenvalue weighted by molar-refractivity contribution is 0.0995. The van der Waals surface area contributed by atoms with E-state index in [1.54, 1.807) is 24.4 Å². The van der Waals surface area contributed by atoms with E-state index in [1.165, 1.54) is 35.8 Å². The number of benzene rings is 2. The molecule has 1 amide bonds. The Morgan fingerprint density at radius 3 is 2.68 bits per heavy atom. The topological polar surface area (TPSA) is 89.3 Å². The Morgan fingerprint density at radius 2 is 1.90 bits per heavy atom. The molecule has 0 saturated heterocycles. The van der Waals surface area contributed by atoms with Crippen LogP contribution >= 0.6 is 22.9 Å². The van der Waals surface area contributed by atoms with E-state index in [0.29, 0.717) is 16.6 Å². The van der Waals surface area contributed by atoms with Crippen molar-refractivity contribution < 1.29 is 17.6 Å². The highest BCUT2D eigenvalue weighted by atomic mass is 35.5. The van der Waals surface area contributed by atoms with Crippen LogP contribution in [-0.4, -0.2) is 19.3 Å². The Bertz CT molecular complexity index is 1310. The Hall–Kier alpha value is -2.94. The molecule has 2 aromatic carbocycles. The second-order valence-corrected chi connectivity index (χ2v) is 10.3. The molecule has 0 aliphatic rings. The fourth-order valence-corrected chi connectivity index (χ4v) is 5.44. The Labute approximate surface area is 188 Å². The summed E-state index contributed by atoms with van der Waals surface area (Å²) >= 11 is 7.35. The lowest BCUT2D eigenvalue weighted by Gasteiger charge is -2.05. The van der Waals surface area contributed by atoms with Crippen molar-refractivity contribution in [3.63, 3.8) is 0 Å². The van der Waals surface area contributed by atoms with Gasteiger partial charge in [0.15, 0.2) is 20.7 Å². The highest BCUT2D eigenvalue weighted by Gasteiger charge is 2.23. The smallest absolute Gasteiger partial charge is 0.293 e. The third kappa shape index (κ3) is 5.22. The molecule has 158 valence electrons. The van der Waals surface area contributed by atoms with Crippen molar-refractivity contribution in [2.24, 2.45) is 0 Å². The molecule has 1 N–H and O–H groups in total. The van der Waals surface area contributed by atoms with Crippen molar-refractivity contribution in [2.45, 2.75) is 17.1 Å². The molecule has 2 aromatic heterocycles.